The number of hydrogen-bond acceptors (Lipinski definition) is 4. The number of anilines is 1. The van der Waals surface area contributed by atoms with Crippen LogP contribution < -0.4 is 5.32 Å². The lowest BCUT2D eigenvalue weighted by molar-refractivity contribution is 0.318. The Balaban J connectivity index is 1.47. The van der Waals surface area contributed by atoms with Gasteiger partial charge in [0.2, 0.25) is 0 Å². The van der Waals surface area contributed by atoms with Gasteiger partial charge in [-0.3, -0.25) is 4.90 Å². The standard InChI is InChI=1S/C16H19N3S/c1-2-15-14(7-10-19(15)9-1)18-13-5-3-12(4-6-13)16-17-8-11-20-16/h3-6,8,11,14-15,18H,1-2,7,9-10H2. The third-order valence-electron chi connectivity index (χ3n) is 4.52. The Hall–Kier alpha value is -1.39. The van der Waals surface area contributed by atoms with E-state index < -0.39 is 0 Å². The maximum absolute atomic E-state index is 4.35. The molecule has 2 atom stereocenters. The Morgan fingerprint density at radius 2 is 2.05 bits per heavy atom. The van der Waals surface area contributed by atoms with Crippen LogP contribution in [0.1, 0.15) is 19.3 Å². The van der Waals surface area contributed by atoms with Crippen molar-refractivity contribution in [1.82, 2.24) is 9.88 Å². The van der Waals surface area contributed by atoms with Crippen molar-refractivity contribution in [3.63, 3.8) is 0 Å². The predicted octanol–water partition coefficient (Wildman–Crippen LogP) is 3.46. The molecule has 2 saturated heterocycles. The van der Waals surface area contributed by atoms with Gasteiger partial charge in [-0.25, -0.2) is 4.98 Å². The maximum Gasteiger partial charge on any atom is 0.123 e. The van der Waals surface area contributed by atoms with Gasteiger partial charge in [0.05, 0.1) is 0 Å². The molecule has 1 aromatic carbocycles. The summed E-state index contributed by atoms with van der Waals surface area (Å²) in [7, 11) is 0. The van der Waals surface area contributed by atoms with Gasteiger partial charge in [0.15, 0.2) is 0 Å². The van der Waals surface area contributed by atoms with Gasteiger partial charge in [-0.2, -0.15) is 0 Å². The summed E-state index contributed by atoms with van der Waals surface area (Å²) in [6, 6.07) is 10.1. The van der Waals surface area contributed by atoms with Crippen LogP contribution in [-0.2, 0) is 0 Å². The van der Waals surface area contributed by atoms with Crippen molar-refractivity contribution in [3.05, 3.63) is 35.8 Å². The Kier molecular flexibility index (Phi) is 3.20. The first kappa shape index (κ1) is 12.4. The third-order valence-corrected chi connectivity index (χ3v) is 5.34. The van der Waals surface area contributed by atoms with Crippen molar-refractivity contribution in [2.24, 2.45) is 0 Å². The zero-order chi connectivity index (χ0) is 13.4. The number of aromatic nitrogens is 1. The zero-order valence-corrected chi connectivity index (χ0v) is 12.3. The van der Waals surface area contributed by atoms with E-state index in [9.17, 15) is 0 Å². The van der Waals surface area contributed by atoms with Crippen molar-refractivity contribution >= 4 is 17.0 Å². The second kappa shape index (κ2) is 5.19. The Morgan fingerprint density at radius 3 is 2.85 bits per heavy atom. The lowest BCUT2D eigenvalue weighted by Gasteiger charge is -2.22. The highest BCUT2D eigenvalue weighted by Crippen LogP contribution is 2.30. The molecule has 20 heavy (non-hydrogen) atoms. The van der Waals surface area contributed by atoms with E-state index in [1.54, 1.807) is 11.3 Å². The monoisotopic (exact) mass is 285 g/mol. The van der Waals surface area contributed by atoms with Gasteiger partial charge >= 0.3 is 0 Å². The van der Waals surface area contributed by atoms with Crippen molar-refractivity contribution in [2.75, 3.05) is 18.4 Å². The van der Waals surface area contributed by atoms with E-state index in [0.29, 0.717) is 6.04 Å². The average Bonchev–Trinajstić information content (AvgIpc) is 3.18. The fraction of sp³-hybridized carbons (Fsp3) is 0.438. The van der Waals surface area contributed by atoms with Crippen molar-refractivity contribution in [2.45, 2.75) is 31.3 Å². The molecule has 4 heteroatoms. The summed E-state index contributed by atoms with van der Waals surface area (Å²) >= 11 is 1.69. The molecule has 0 bridgehead atoms. The third kappa shape index (κ3) is 2.23. The van der Waals surface area contributed by atoms with Crippen molar-refractivity contribution in [3.8, 4) is 10.6 Å². The van der Waals surface area contributed by atoms with Crippen LogP contribution in [0.3, 0.4) is 0 Å². The molecule has 2 aliphatic heterocycles. The molecule has 104 valence electrons. The van der Waals surface area contributed by atoms with Crippen LogP contribution in [0.4, 0.5) is 5.69 Å². The highest BCUT2D eigenvalue weighted by molar-refractivity contribution is 7.13. The van der Waals surface area contributed by atoms with Gasteiger partial charge in [0, 0.05) is 41.5 Å². The van der Waals surface area contributed by atoms with Crippen LogP contribution in [0, 0.1) is 0 Å². The summed E-state index contributed by atoms with van der Waals surface area (Å²) in [6.07, 6.45) is 5.86. The van der Waals surface area contributed by atoms with E-state index in [-0.39, 0.29) is 0 Å². The van der Waals surface area contributed by atoms with E-state index in [4.69, 9.17) is 0 Å². The fourth-order valence-electron chi connectivity index (χ4n) is 3.54. The molecule has 2 unspecified atom stereocenters. The van der Waals surface area contributed by atoms with Crippen LogP contribution in [0.5, 0.6) is 0 Å². The van der Waals surface area contributed by atoms with Gasteiger partial charge < -0.3 is 5.32 Å². The van der Waals surface area contributed by atoms with E-state index in [0.717, 1.165) is 11.0 Å². The molecule has 1 aromatic heterocycles. The first-order chi connectivity index (χ1) is 9.90. The van der Waals surface area contributed by atoms with Gasteiger partial charge in [-0.15, -0.1) is 11.3 Å². The molecule has 2 fully saturated rings. The summed E-state index contributed by atoms with van der Waals surface area (Å²) in [5.41, 5.74) is 2.45. The van der Waals surface area contributed by atoms with Crippen molar-refractivity contribution < 1.29 is 0 Å². The number of fused-ring (bicyclic) bond motifs is 1. The highest BCUT2D eigenvalue weighted by Gasteiger charge is 2.36. The Morgan fingerprint density at radius 1 is 1.15 bits per heavy atom. The van der Waals surface area contributed by atoms with Crippen molar-refractivity contribution in [1.29, 1.82) is 0 Å². The number of benzene rings is 1. The van der Waals surface area contributed by atoms with Gasteiger partial charge in [-0.05, 0) is 50.1 Å². The molecule has 4 rings (SSSR count). The minimum absolute atomic E-state index is 0.628. The number of hydrogen-bond donors (Lipinski definition) is 1. The van der Waals surface area contributed by atoms with Gasteiger partial charge in [0.25, 0.3) is 0 Å². The van der Waals surface area contributed by atoms with E-state index in [2.05, 4.69) is 39.5 Å². The summed E-state index contributed by atoms with van der Waals surface area (Å²) < 4.78 is 0. The zero-order valence-electron chi connectivity index (χ0n) is 11.5. The van der Waals surface area contributed by atoms with Crippen LogP contribution in [-0.4, -0.2) is 35.1 Å². The van der Waals surface area contributed by atoms with Crippen LogP contribution in [0.25, 0.3) is 10.6 Å². The van der Waals surface area contributed by atoms with Gasteiger partial charge in [0.1, 0.15) is 5.01 Å². The summed E-state index contributed by atoms with van der Waals surface area (Å²) in [5, 5.41) is 6.85. The topological polar surface area (TPSA) is 28.2 Å². The molecule has 0 spiro atoms. The Labute approximate surface area is 123 Å². The predicted molar refractivity (Wildman–Crippen MR) is 84.2 cm³/mol. The number of thiazole rings is 1. The van der Waals surface area contributed by atoms with E-state index in [1.165, 1.54) is 43.6 Å². The molecule has 0 radical (unpaired) electrons. The number of rotatable bonds is 3. The second-order valence-electron chi connectivity index (χ2n) is 5.70. The first-order valence-electron chi connectivity index (χ1n) is 7.41. The molecule has 0 amide bonds. The minimum Gasteiger partial charge on any atom is -0.381 e. The normalized spacial score (nSPS) is 25.8. The quantitative estimate of drug-likeness (QED) is 0.936. The molecule has 0 aliphatic carbocycles. The molecule has 1 N–H and O–H groups in total. The van der Waals surface area contributed by atoms with Crippen LogP contribution in [0.2, 0.25) is 0 Å². The van der Waals surface area contributed by atoms with Gasteiger partial charge in [-0.1, -0.05) is 0 Å². The molecule has 0 saturated carbocycles. The molecule has 2 aromatic rings. The van der Waals surface area contributed by atoms with Crippen LogP contribution >= 0.6 is 11.3 Å². The summed E-state index contributed by atoms with van der Waals surface area (Å²) in [6.45, 7) is 2.56. The largest absolute Gasteiger partial charge is 0.381 e. The molecular formula is C16H19N3S. The number of nitrogens with zero attached hydrogens (tertiary/aromatic N) is 2. The smallest absolute Gasteiger partial charge is 0.123 e. The number of nitrogens with one attached hydrogen (secondary N) is 1. The van der Waals surface area contributed by atoms with E-state index >= 15 is 0 Å². The molecule has 3 nitrogen and oxygen atoms in total. The molecule has 3 heterocycles. The lowest BCUT2D eigenvalue weighted by atomic mass is 10.1. The maximum atomic E-state index is 4.35. The summed E-state index contributed by atoms with van der Waals surface area (Å²) in [5.74, 6) is 0. The highest BCUT2D eigenvalue weighted by atomic mass is 32.1. The fourth-order valence-corrected chi connectivity index (χ4v) is 4.18. The minimum atomic E-state index is 0.628. The average molecular weight is 285 g/mol. The second-order valence-corrected chi connectivity index (χ2v) is 6.59. The molecular weight excluding hydrogens is 266 g/mol. The first-order valence-corrected chi connectivity index (χ1v) is 8.29. The van der Waals surface area contributed by atoms with E-state index in [1.807, 2.05) is 11.6 Å². The SMILES string of the molecule is c1csc(-c2ccc(NC3CCN4CCCC34)cc2)n1. The van der Waals surface area contributed by atoms with Crippen LogP contribution in [0.15, 0.2) is 35.8 Å². The molecule has 2 aliphatic rings. The summed E-state index contributed by atoms with van der Waals surface area (Å²) in [4.78, 5) is 6.99. The Bertz CT molecular complexity index is 564. The lowest BCUT2D eigenvalue weighted by Crippen LogP contribution is -2.33.